The SMILES string of the molecule is CCNC(=O)n1nc(Oc2ncc(C(F)(F)F)cc2Cl)cc1CC. The molecular weight excluding hydrogens is 349 g/mol. The van der Waals surface area contributed by atoms with Gasteiger partial charge < -0.3 is 10.1 Å². The highest BCUT2D eigenvalue weighted by Crippen LogP contribution is 2.34. The summed E-state index contributed by atoms with van der Waals surface area (Å²) in [4.78, 5) is 15.4. The molecule has 0 bridgehead atoms. The predicted molar refractivity (Wildman–Crippen MR) is 80.4 cm³/mol. The molecule has 130 valence electrons. The summed E-state index contributed by atoms with van der Waals surface area (Å²) in [6.45, 7) is 4.00. The zero-order valence-corrected chi connectivity index (χ0v) is 13.6. The second-order valence-corrected chi connectivity index (χ2v) is 5.09. The second kappa shape index (κ2) is 7.08. The highest BCUT2D eigenvalue weighted by atomic mass is 35.5. The molecule has 1 amide bonds. The molecule has 0 aliphatic carbocycles. The first-order valence-corrected chi connectivity index (χ1v) is 7.41. The Labute approximate surface area is 140 Å². The average Bonchev–Trinajstić information content (AvgIpc) is 2.91. The largest absolute Gasteiger partial charge is 0.417 e. The number of carbonyl (C=O) groups excluding carboxylic acids is 1. The summed E-state index contributed by atoms with van der Waals surface area (Å²) in [6.07, 6.45) is -3.44. The van der Waals surface area contributed by atoms with Crippen molar-refractivity contribution in [3.63, 3.8) is 0 Å². The van der Waals surface area contributed by atoms with Gasteiger partial charge in [0.2, 0.25) is 11.8 Å². The molecule has 0 aliphatic heterocycles. The maximum Gasteiger partial charge on any atom is 0.417 e. The van der Waals surface area contributed by atoms with Gasteiger partial charge in [-0.25, -0.2) is 9.78 Å². The standard InChI is InChI=1S/C14H14ClF3N4O2/c1-3-9-6-11(21-22(9)13(23)19-4-2)24-12-10(15)5-8(7-20-12)14(16,17)18/h5-7H,3-4H2,1-2H3,(H,19,23). The van der Waals surface area contributed by atoms with Gasteiger partial charge in [-0.05, 0) is 19.4 Å². The van der Waals surface area contributed by atoms with E-state index in [-0.39, 0.29) is 16.8 Å². The highest BCUT2D eigenvalue weighted by molar-refractivity contribution is 6.31. The molecule has 0 atom stereocenters. The van der Waals surface area contributed by atoms with Gasteiger partial charge in [-0.1, -0.05) is 18.5 Å². The summed E-state index contributed by atoms with van der Waals surface area (Å²) >= 11 is 5.78. The summed E-state index contributed by atoms with van der Waals surface area (Å²) in [5, 5.41) is 6.25. The number of hydrogen-bond acceptors (Lipinski definition) is 4. The fraction of sp³-hybridized carbons (Fsp3) is 0.357. The number of aryl methyl sites for hydroxylation is 1. The zero-order valence-electron chi connectivity index (χ0n) is 12.8. The van der Waals surface area contributed by atoms with Crippen LogP contribution < -0.4 is 10.1 Å². The van der Waals surface area contributed by atoms with Crippen LogP contribution >= 0.6 is 11.6 Å². The Kier molecular flexibility index (Phi) is 5.33. The van der Waals surface area contributed by atoms with Crippen molar-refractivity contribution in [3.8, 4) is 11.8 Å². The number of amides is 1. The number of halogens is 4. The van der Waals surface area contributed by atoms with Gasteiger partial charge in [0.15, 0.2) is 0 Å². The second-order valence-electron chi connectivity index (χ2n) is 4.69. The van der Waals surface area contributed by atoms with Crippen molar-refractivity contribution in [1.29, 1.82) is 0 Å². The first-order valence-electron chi connectivity index (χ1n) is 7.04. The highest BCUT2D eigenvalue weighted by Gasteiger charge is 2.32. The molecule has 0 unspecified atom stereocenters. The van der Waals surface area contributed by atoms with Crippen LogP contribution in [0.25, 0.3) is 0 Å². The van der Waals surface area contributed by atoms with Crippen LogP contribution in [0, 0.1) is 0 Å². The Morgan fingerprint density at radius 1 is 1.38 bits per heavy atom. The first-order chi connectivity index (χ1) is 11.3. The Balaban J connectivity index is 2.27. The number of alkyl halides is 3. The maximum absolute atomic E-state index is 12.6. The van der Waals surface area contributed by atoms with Crippen molar-refractivity contribution < 1.29 is 22.7 Å². The van der Waals surface area contributed by atoms with E-state index in [2.05, 4.69) is 15.4 Å². The van der Waals surface area contributed by atoms with Crippen molar-refractivity contribution in [2.45, 2.75) is 26.4 Å². The average molecular weight is 363 g/mol. The molecular formula is C14H14ClF3N4O2. The summed E-state index contributed by atoms with van der Waals surface area (Å²) in [7, 11) is 0. The summed E-state index contributed by atoms with van der Waals surface area (Å²) in [5.74, 6) is -0.222. The van der Waals surface area contributed by atoms with Gasteiger partial charge in [-0.15, -0.1) is 5.10 Å². The Bertz CT molecular complexity index is 746. The lowest BCUT2D eigenvalue weighted by Gasteiger charge is -2.08. The lowest BCUT2D eigenvalue weighted by atomic mass is 10.3. The number of ether oxygens (including phenoxy) is 1. The number of hydrogen-bond donors (Lipinski definition) is 1. The van der Waals surface area contributed by atoms with E-state index < -0.39 is 17.8 Å². The van der Waals surface area contributed by atoms with Crippen LogP contribution in [0.2, 0.25) is 5.02 Å². The van der Waals surface area contributed by atoms with Crippen LogP contribution in [0.3, 0.4) is 0 Å². The van der Waals surface area contributed by atoms with Crippen LogP contribution in [0.5, 0.6) is 11.8 Å². The Hall–Kier alpha value is -2.29. The van der Waals surface area contributed by atoms with E-state index in [9.17, 15) is 18.0 Å². The molecule has 0 saturated heterocycles. The van der Waals surface area contributed by atoms with Gasteiger partial charge in [0.25, 0.3) is 0 Å². The van der Waals surface area contributed by atoms with Crippen molar-refractivity contribution in [3.05, 3.63) is 34.6 Å². The van der Waals surface area contributed by atoms with Gasteiger partial charge in [-0.3, -0.25) is 0 Å². The Morgan fingerprint density at radius 2 is 2.08 bits per heavy atom. The van der Waals surface area contributed by atoms with E-state index in [0.29, 0.717) is 30.9 Å². The molecule has 0 spiro atoms. The molecule has 1 N–H and O–H groups in total. The molecule has 0 fully saturated rings. The molecule has 0 aromatic carbocycles. The summed E-state index contributed by atoms with van der Waals surface area (Å²) < 4.78 is 44.2. The zero-order chi connectivity index (χ0) is 17.9. The number of aromatic nitrogens is 3. The fourth-order valence-electron chi connectivity index (χ4n) is 1.85. The third kappa shape index (κ3) is 3.97. The molecule has 2 rings (SSSR count). The molecule has 2 aromatic rings. The lowest BCUT2D eigenvalue weighted by Crippen LogP contribution is -2.30. The molecule has 0 aliphatic rings. The minimum absolute atomic E-state index is 0.00672. The monoisotopic (exact) mass is 362 g/mol. The van der Waals surface area contributed by atoms with E-state index in [1.165, 1.54) is 6.07 Å². The third-order valence-electron chi connectivity index (χ3n) is 2.98. The van der Waals surface area contributed by atoms with E-state index >= 15 is 0 Å². The molecule has 24 heavy (non-hydrogen) atoms. The van der Waals surface area contributed by atoms with E-state index in [1.807, 2.05) is 6.92 Å². The van der Waals surface area contributed by atoms with Gasteiger partial charge in [0.05, 0.1) is 11.3 Å². The van der Waals surface area contributed by atoms with Crippen LogP contribution in [0.15, 0.2) is 18.3 Å². The number of rotatable bonds is 4. The number of pyridine rings is 1. The maximum atomic E-state index is 12.6. The van der Waals surface area contributed by atoms with E-state index in [4.69, 9.17) is 16.3 Å². The normalized spacial score (nSPS) is 11.4. The minimum atomic E-state index is -4.55. The topological polar surface area (TPSA) is 69.0 Å². The van der Waals surface area contributed by atoms with Gasteiger partial charge >= 0.3 is 12.2 Å². The van der Waals surface area contributed by atoms with Crippen LogP contribution in [-0.4, -0.2) is 27.3 Å². The van der Waals surface area contributed by atoms with Crippen LogP contribution in [0.4, 0.5) is 18.0 Å². The molecule has 0 radical (unpaired) electrons. The van der Waals surface area contributed by atoms with E-state index in [1.54, 1.807) is 6.92 Å². The molecule has 6 nitrogen and oxygen atoms in total. The van der Waals surface area contributed by atoms with Crippen molar-refractivity contribution in [1.82, 2.24) is 20.1 Å². The summed E-state index contributed by atoms with van der Waals surface area (Å²) in [5.41, 5.74) is -0.416. The third-order valence-corrected chi connectivity index (χ3v) is 3.25. The quantitative estimate of drug-likeness (QED) is 0.896. The lowest BCUT2D eigenvalue weighted by molar-refractivity contribution is -0.137. The predicted octanol–water partition coefficient (Wildman–Crippen LogP) is 3.88. The summed E-state index contributed by atoms with van der Waals surface area (Å²) in [6, 6.07) is 1.77. The first kappa shape index (κ1) is 18.1. The van der Waals surface area contributed by atoms with E-state index in [0.717, 1.165) is 4.68 Å². The number of nitrogens with zero attached hydrogens (tertiary/aromatic N) is 3. The molecule has 2 aromatic heterocycles. The smallest absolute Gasteiger partial charge is 0.417 e. The van der Waals surface area contributed by atoms with Crippen molar-refractivity contribution >= 4 is 17.6 Å². The Morgan fingerprint density at radius 3 is 2.62 bits per heavy atom. The molecule has 10 heteroatoms. The minimum Gasteiger partial charge on any atom is -0.417 e. The van der Waals surface area contributed by atoms with Crippen molar-refractivity contribution in [2.24, 2.45) is 0 Å². The van der Waals surface area contributed by atoms with Gasteiger partial charge in [-0.2, -0.15) is 17.9 Å². The van der Waals surface area contributed by atoms with Gasteiger partial charge in [0, 0.05) is 18.8 Å². The van der Waals surface area contributed by atoms with Crippen molar-refractivity contribution in [2.75, 3.05) is 6.54 Å². The number of nitrogens with one attached hydrogen (secondary N) is 1. The molecule has 2 heterocycles. The molecule has 0 saturated carbocycles. The number of carbonyl (C=O) groups is 1. The van der Waals surface area contributed by atoms with Gasteiger partial charge in [0.1, 0.15) is 5.02 Å². The fourth-order valence-corrected chi connectivity index (χ4v) is 2.06. The van der Waals surface area contributed by atoms with Crippen LogP contribution in [-0.2, 0) is 12.6 Å². The van der Waals surface area contributed by atoms with Crippen LogP contribution in [0.1, 0.15) is 25.1 Å².